The lowest BCUT2D eigenvalue weighted by atomic mass is 10.1. The van der Waals surface area contributed by atoms with Crippen LogP contribution in [0, 0.1) is 13.8 Å². The number of nitrogens with zero attached hydrogens (tertiary/aromatic N) is 1. The number of nitrogens with one attached hydrogen (secondary N) is 1. The van der Waals surface area contributed by atoms with Crippen LogP contribution in [0.1, 0.15) is 21.5 Å². The third-order valence-electron chi connectivity index (χ3n) is 2.58. The van der Waals surface area contributed by atoms with E-state index in [1.807, 2.05) is 26.0 Å². The van der Waals surface area contributed by atoms with E-state index in [1.54, 1.807) is 12.3 Å². The number of carbonyl (C=O) groups is 1. The Hall–Kier alpha value is -2.36. The summed E-state index contributed by atoms with van der Waals surface area (Å²) >= 11 is 0. The van der Waals surface area contributed by atoms with E-state index in [1.165, 1.54) is 6.20 Å². The first-order chi connectivity index (χ1) is 8.56. The summed E-state index contributed by atoms with van der Waals surface area (Å²) < 4.78 is 0. The van der Waals surface area contributed by atoms with Crippen molar-refractivity contribution in [2.45, 2.75) is 13.8 Å². The van der Waals surface area contributed by atoms with E-state index in [4.69, 9.17) is 5.73 Å². The molecule has 1 aromatic carbocycles. The lowest BCUT2D eigenvalue weighted by Crippen LogP contribution is -2.14. The van der Waals surface area contributed by atoms with Crippen LogP contribution in [-0.4, -0.2) is 10.9 Å². The van der Waals surface area contributed by atoms with Crippen LogP contribution in [0.2, 0.25) is 0 Å². The predicted molar refractivity (Wildman–Crippen MR) is 72.5 cm³/mol. The van der Waals surface area contributed by atoms with E-state index < -0.39 is 0 Å². The lowest BCUT2D eigenvalue weighted by molar-refractivity contribution is 0.102. The number of benzene rings is 1. The molecule has 18 heavy (non-hydrogen) atoms. The van der Waals surface area contributed by atoms with E-state index in [0.717, 1.165) is 16.8 Å². The molecule has 4 heteroatoms. The summed E-state index contributed by atoms with van der Waals surface area (Å²) in [5, 5.41) is 2.83. The van der Waals surface area contributed by atoms with Crippen molar-refractivity contribution < 1.29 is 4.79 Å². The fourth-order valence-electron chi connectivity index (χ4n) is 1.86. The van der Waals surface area contributed by atoms with E-state index in [-0.39, 0.29) is 5.91 Å². The molecule has 4 nitrogen and oxygen atoms in total. The van der Waals surface area contributed by atoms with E-state index >= 15 is 0 Å². The first-order valence-corrected chi connectivity index (χ1v) is 5.65. The Morgan fingerprint density at radius 1 is 1.22 bits per heavy atom. The zero-order valence-electron chi connectivity index (χ0n) is 10.4. The summed E-state index contributed by atoms with van der Waals surface area (Å²) in [4.78, 5) is 15.9. The van der Waals surface area contributed by atoms with Crippen LogP contribution in [-0.2, 0) is 0 Å². The van der Waals surface area contributed by atoms with E-state index in [9.17, 15) is 4.79 Å². The number of anilines is 2. The average Bonchev–Trinajstić information content (AvgIpc) is 2.27. The third-order valence-corrected chi connectivity index (χ3v) is 2.58. The molecular weight excluding hydrogens is 226 g/mol. The zero-order chi connectivity index (χ0) is 13.1. The number of pyridine rings is 1. The standard InChI is InChI=1S/C14H15N3O/c1-9-5-10(2)7-11(6-9)17-14(18)12-3-4-16-8-13(12)15/h3-8H,15H2,1-2H3,(H,17,18). The maximum atomic E-state index is 12.0. The number of aromatic nitrogens is 1. The van der Waals surface area contributed by atoms with Gasteiger partial charge in [0, 0.05) is 11.9 Å². The van der Waals surface area contributed by atoms with Crippen LogP contribution in [0.5, 0.6) is 0 Å². The Balaban J connectivity index is 2.24. The van der Waals surface area contributed by atoms with Crippen LogP contribution < -0.4 is 11.1 Å². The molecule has 0 unspecified atom stereocenters. The maximum absolute atomic E-state index is 12.0. The summed E-state index contributed by atoms with van der Waals surface area (Å²) in [7, 11) is 0. The predicted octanol–water partition coefficient (Wildman–Crippen LogP) is 2.53. The first-order valence-electron chi connectivity index (χ1n) is 5.65. The van der Waals surface area contributed by atoms with Crippen LogP contribution in [0.3, 0.4) is 0 Å². The molecule has 0 aliphatic heterocycles. The van der Waals surface area contributed by atoms with Gasteiger partial charge in [0.2, 0.25) is 0 Å². The van der Waals surface area contributed by atoms with Gasteiger partial charge in [-0.3, -0.25) is 9.78 Å². The molecule has 0 aliphatic carbocycles. The summed E-state index contributed by atoms with van der Waals surface area (Å²) in [5.41, 5.74) is 9.50. The second kappa shape index (κ2) is 4.87. The van der Waals surface area contributed by atoms with Gasteiger partial charge < -0.3 is 11.1 Å². The minimum Gasteiger partial charge on any atom is -0.397 e. The van der Waals surface area contributed by atoms with Crippen molar-refractivity contribution in [2.24, 2.45) is 0 Å². The van der Waals surface area contributed by atoms with E-state index in [2.05, 4.69) is 16.4 Å². The second-order valence-corrected chi connectivity index (χ2v) is 4.29. The number of hydrogen-bond donors (Lipinski definition) is 2. The van der Waals surface area contributed by atoms with Crippen LogP contribution in [0.25, 0.3) is 0 Å². The Bertz CT molecular complexity index is 573. The molecule has 0 spiro atoms. The first kappa shape index (κ1) is 12.1. The molecule has 2 rings (SSSR count). The molecule has 0 atom stereocenters. The second-order valence-electron chi connectivity index (χ2n) is 4.29. The highest BCUT2D eigenvalue weighted by Crippen LogP contribution is 2.16. The number of amides is 1. The van der Waals surface area contributed by atoms with Crippen molar-refractivity contribution in [1.29, 1.82) is 0 Å². The molecule has 0 saturated heterocycles. The number of hydrogen-bond acceptors (Lipinski definition) is 3. The molecule has 92 valence electrons. The highest BCUT2D eigenvalue weighted by Gasteiger charge is 2.09. The minimum absolute atomic E-state index is 0.222. The highest BCUT2D eigenvalue weighted by molar-refractivity contribution is 6.07. The van der Waals surface area contributed by atoms with Gasteiger partial charge in [-0.1, -0.05) is 6.07 Å². The van der Waals surface area contributed by atoms with Crippen molar-refractivity contribution in [3.8, 4) is 0 Å². The number of carbonyl (C=O) groups excluding carboxylic acids is 1. The van der Waals surface area contributed by atoms with Crippen molar-refractivity contribution >= 4 is 17.3 Å². The molecule has 0 radical (unpaired) electrons. The molecule has 1 heterocycles. The van der Waals surface area contributed by atoms with Crippen molar-refractivity contribution in [3.63, 3.8) is 0 Å². The summed E-state index contributed by atoms with van der Waals surface area (Å²) in [5.74, 6) is -0.222. The van der Waals surface area contributed by atoms with Gasteiger partial charge >= 0.3 is 0 Å². The van der Waals surface area contributed by atoms with Crippen molar-refractivity contribution in [1.82, 2.24) is 4.98 Å². The number of rotatable bonds is 2. The van der Waals surface area contributed by atoms with Gasteiger partial charge in [0.25, 0.3) is 5.91 Å². The number of aryl methyl sites for hydroxylation is 2. The van der Waals surface area contributed by atoms with Gasteiger partial charge in [-0.15, -0.1) is 0 Å². The Kier molecular flexibility index (Phi) is 3.28. The molecule has 1 amide bonds. The largest absolute Gasteiger partial charge is 0.397 e. The van der Waals surface area contributed by atoms with Gasteiger partial charge in [0.1, 0.15) is 0 Å². The van der Waals surface area contributed by atoms with Gasteiger partial charge in [-0.25, -0.2) is 0 Å². The molecular formula is C14H15N3O. The van der Waals surface area contributed by atoms with Gasteiger partial charge in [-0.05, 0) is 43.2 Å². The summed E-state index contributed by atoms with van der Waals surface area (Å²) in [6.07, 6.45) is 3.02. The molecule has 3 N–H and O–H groups in total. The Morgan fingerprint density at radius 2 is 1.89 bits per heavy atom. The van der Waals surface area contributed by atoms with Crippen molar-refractivity contribution in [3.05, 3.63) is 53.3 Å². The zero-order valence-corrected chi connectivity index (χ0v) is 10.4. The Labute approximate surface area is 106 Å². The monoisotopic (exact) mass is 241 g/mol. The Morgan fingerprint density at radius 3 is 2.50 bits per heavy atom. The molecule has 0 aliphatic rings. The molecule has 2 aromatic rings. The van der Waals surface area contributed by atoms with Gasteiger partial charge in [0.15, 0.2) is 0 Å². The quantitative estimate of drug-likeness (QED) is 0.849. The normalized spacial score (nSPS) is 10.1. The fourth-order valence-corrected chi connectivity index (χ4v) is 1.86. The molecule has 0 fully saturated rings. The third kappa shape index (κ3) is 2.66. The van der Waals surface area contributed by atoms with Gasteiger partial charge in [0.05, 0.1) is 17.4 Å². The van der Waals surface area contributed by atoms with Crippen LogP contribution in [0.4, 0.5) is 11.4 Å². The number of nitrogen functional groups attached to an aromatic ring is 1. The summed E-state index contributed by atoms with van der Waals surface area (Å²) in [6, 6.07) is 7.49. The van der Waals surface area contributed by atoms with E-state index in [0.29, 0.717) is 11.3 Å². The highest BCUT2D eigenvalue weighted by atomic mass is 16.1. The smallest absolute Gasteiger partial charge is 0.257 e. The average molecular weight is 241 g/mol. The topological polar surface area (TPSA) is 68.0 Å². The molecule has 0 bridgehead atoms. The minimum atomic E-state index is -0.222. The summed E-state index contributed by atoms with van der Waals surface area (Å²) in [6.45, 7) is 3.98. The van der Waals surface area contributed by atoms with Crippen LogP contribution in [0.15, 0.2) is 36.7 Å². The van der Waals surface area contributed by atoms with Gasteiger partial charge in [-0.2, -0.15) is 0 Å². The molecule has 0 saturated carbocycles. The SMILES string of the molecule is Cc1cc(C)cc(NC(=O)c2ccncc2N)c1. The lowest BCUT2D eigenvalue weighted by Gasteiger charge is -2.08. The van der Waals surface area contributed by atoms with Crippen molar-refractivity contribution in [2.75, 3.05) is 11.1 Å². The fraction of sp³-hybridized carbons (Fsp3) is 0.143. The maximum Gasteiger partial charge on any atom is 0.257 e. The molecule has 1 aromatic heterocycles. The number of nitrogens with two attached hydrogens (primary N) is 1. The van der Waals surface area contributed by atoms with Crippen LogP contribution >= 0.6 is 0 Å².